The molecule has 1 aliphatic rings. The summed E-state index contributed by atoms with van der Waals surface area (Å²) in [5, 5.41) is 15.3. The van der Waals surface area contributed by atoms with Crippen LogP contribution < -0.4 is 10.2 Å². The predicted octanol–water partition coefficient (Wildman–Crippen LogP) is 2.06. The number of nitriles is 1. The zero-order valence-electron chi connectivity index (χ0n) is 11.6. The number of rotatable bonds is 5. The Hall–Kier alpha value is -2.20. The molecule has 7 heteroatoms. The SMILES string of the molecule is N#Cc1nccnc1NCCc1csc(N2CCCC2)n1. The monoisotopic (exact) mass is 300 g/mol. The van der Waals surface area contributed by atoms with E-state index in [2.05, 4.69) is 30.5 Å². The maximum atomic E-state index is 8.95. The molecule has 108 valence electrons. The molecule has 0 atom stereocenters. The smallest absolute Gasteiger partial charge is 0.185 e. The molecule has 2 aromatic heterocycles. The van der Waals surface area contributed by atoms with Crippen molar-refractivity contribution in [2.24, 2.45) is 0 Å². The van der Waals surface area contributed by atoms with Crippen molar-refractivity contribution in [1.29, 1.82) is 5.26 Å². The third-order valence-electron chi connectivity index (χ3n) is 3.39. The number of hydrogen-bond acceptors (Lipinski definition) is 7. The average Bonchev–Trinajstić information content (AvgIpc) is 3.18. The van der Waals surface area contributed by atoms with Crippen LogP contribution in [0.1, 0.15) is 24.2 Å². The van der Waals surface area contributed by atoms with Crippen LogP contribution in [0.4, 0.5) is 10.9 Å². The molecule has 0 radical (unpaired) electrons. The van der Waals surface area contributed by atoms with Gasteiger partial charge in [0.2, 0.25) is 0 Å². The van der Waals surface area contributed by atoms with Gasteiger partial charge < -0.3 is 10.2 Å². The van der Waals surface area contributed by atoms with E-state index in [4.69, 9.17) is 5.26 Å². The molecule has 0 spiro atoms. The molecule has 0 bridgehead atoms. The van der Waals surface area contributed by atoms with E-state index in [0.29, 0.717) is 18.1 Å². The van der Waals surface area contributed by atoms with Gasteiger partial charge in [0.1, 0.15) is 6.07 Å². The highest BCUT2D eigenvalue weighted by molar-refractivity contribution is 7.13. The van der Waals surface area contributed by atoms with Gasteiger partial charge in [-0.1, -0.05) is 0 Å². The Morgan fingerprint density at radius 3 is 2.90 bits per heavy atom. The first-order chi connectivity index (χ1) is 10.4. The van der Waals surface area contributed by atoms with E-state index >= 15 is 0 Å². The number of aromatic nitrogens is 3. The quantitative estimate of drug-likeness (QED) is 0.910. The van der Waals surface area contributed by atoms with E-state index in [0.717, 1.165) is 30.3 Å². The highest BCUT2D eigenvalue weighted by atomic mass is 32.1. The normalized spacial score (nSPS) is 14.1. The molecule has 3 rings (SSSR count). The lowest BCUT2D eigenvalue weighted by atomic mass is 10.3. The minimum Gasteiger partial charge on any atom is -0.367 e. The first-order valence-electron chi connectivity index (χ1n) is 7.01. The van der Waals surface area contributed by atoms with Crippen molar-refractivity contribution in [2.45, 2.75) is 19.3 Å². The molecule has 1 N–H and O–H groups in total. The summed E-state index contributed by atoms with van der Waals surface area (Å²) in [6.07, 6.45) is 6.44. The molecule has 1 saturated heterocycles. The predicted molar refractivity (Wildman–Crippen MR) is 82.5 cm³/mol. The van der Waals surface area contributed by atoms with Crippen molar-refractivity contribution in [3.63, 3.8) is 0 Å². The van der Waals surface area contributed by atoms with Crippen LogP contribution in [0.3, 0.4) is 0 Å². The Morgan fingerprint density at radius 1 is 1.29 bits per heavy atom. The molecule has 0 unspecified atom stereocenters. The summed E-state index contributed by atoms with van der Waals surface area (Å²) in [6, 6.07) is 2.03. The molecule has 21 heavy (non-hydrogen) atoms. The Morgan fingerprint density at radius 2 is 2.10 bits per heavy atom. The van der Waals surface area contributed by atoms with E-state index < -0.39 is 0 Å². The Balaban J connectivity index is 1.55. The van der Waals surface area contributed by atoms with E-state index in [1.54, 1.807) is 17.5 Å². The van der Waals surface area contributed by atoms with Gasteiger partial charge in [0.15, 0.2) is 16.6 Å². The van der Waals surface area contributed by atoms with Crippen LogP contribution >= 0.6 is 11.3 Å². The summed E-state index contributed by atoms with van der Waals surface area (Å²) in [5.74, 6) is 0.537. The second-order valence-electron chi connectivity index (χ2n) is 4.86. The van der Waals surface area contributed by atoms with Crippen LogP contribution in [0.25, 0.3) is 0 Å². The maximum Gasteiger partial charge on any atom is 0.185 e. The van der Waals surface area contributed by atoms with Gasteiger partial charge in [0.05, 0.1) is 5.69 Å². The second kappa shape index (κ2) is 6.50. The van der Waals surface area contributed by atoms with E-state index in [9.17, 15) is 0 Å². The standard InChI is InChI=1S/C14H16N6S/c15-9-12-13(18-6-5-16-12)17-4-3-11-10-21-14(19-11)20-7-1-2-8-20/h5-6,10H,1-4,7-8H2,(H,17,18). The highest BCUT2D eigenvalue weighted by Gasteiger charge is 2.15. The van der Waals surface area contributed by atoms with E-state index in [1.807, 2.05) is 6.07 Å². The van der Waals surface area contributed by atoms with Gasteiger partial charge in [0.25, 0.3) is 0 Å². The fourth-order valence-electron chi connectivity index (χ4n) is 2.32. The summed E-state index contributed by atoms with van der Waals surface area (Å²) >= 11 is 1.71. The van der Waals surface area contributed by atoms with Crippen LogP contribution in [0.5, 0.6) is 0 Å². The zero-order valence-corrected chi connectivity index (χ0v) is 12.4. The summed E-state index contributed by atoms with van der Waals surface area (Å²) in [6.45, 7) is 2.93. The molecular weight excluding hydrogens is 284 g/mol. The van der Waals surface area contributed by atoms with Gasteiger partial charge in [-0.15, -0.1) is 11.3 Å². The Kier molecular flexibility index (Phi) is 4.26. The summed E-state index contributed by atoms with van der Waals surface area (Å²) in [7, 11) is 0. The van der Waals surface area contributed by atoms with Gasteiger partial charge in [-0.2, -0.15) is 5.26 Å². The molecule has 0 amide bonds. The lowest BCUT2D eigenvalue weighted by molar-refractivity contribution is 0.921. The summed E-state index contributed by atoms with van der Waals surface area (Å²) < 4.78 is 0. The fourth-order valence-corrected chi connectivity index (χ4v) is 3.24. The van der Waals surface area contributed by atoms with Gasteiger partial charge in [-0.05, 0) is 12.8 Å². The first-order valence-corrected chi connectivity index (χ1v) is 7.89. The second-order valence-corrected chi connectivity index (χ2v) is 5.69. The molecule has 1 fully saturated rings. The van der Waals surface area contributed by atoms with Gasteiger partial charge >= 0.3 is 0 Å². The lowest BCUT2D eigenvalue weighted by Crippen LogP contribution is -2.17. The summed E-state index contributed by atoms with van der Waals surface area (Å²) in [5.41, 5.74) is 1.41. The molecule has 3 heterocycles. The topological polar surface area (TPSA) is 77.7 Å². The van der Waals surface area contributed by atoms with E-state index in [1.165, 1.54) is 19.0 Å². The average molecular weight is 300 g/mol. The molecule has 0 aliphatic carbocycles. The minimum atomic E-state index is 0.327. The molecule has 0 aromatic carbocycles. The first kappa shape index (κ1) is 13.8. The Bertz CT molecular complexity index is 641. The van der Waals surface area contributed by atoms with Crippen molar-refractivity contribution < 1.29 is 0 Å². The number of nitrogens with zero attached hydrogens (tertiary/aromatic N) is 5. The molecule has 0 saturated carbocycles. The van der Waals surface area contributed by atoms with Gasteiger partial charge in [0, 0.05) is 43.8 Å². The van der Waals surface area contributed by atoms with Crippen molar-refractivity contribution >= 4 is 22.3 Å². The lowest BCUT2D eigenvalue weighted by Gasteiger charge is -2.12. The van der Waals surface area contributed by atoms with Gasteiger partial charge in [-0.25, -0.2) is 15.0 Å². The van der Waals surface area contributed by atoms with Crippen LogP contribution in [-0.2, 0) is 6.42 Å². The van der Waals surface area contributed by atoms with Crippen molar-refractivity contribution in [3.05, 3.63) is 29.2 Å². The van der Waals surface area contributed by atoms with Gasteiger partial charge in [-0.3, -0.25) is 0 Å². The zero-order chi connectivity index (χ0) is 14.5. The molecule has 1 aliphatic heterocycles. The van der Waals surface area contributed by atoms with Crippen molar-refractivity contribution in [3.8, 4) is 6.07 Å². The van der Waals surface area contributed by atoms with E-state index in [-0.39, 0.29) is 0 Å². The largest absolute Gasteiger partial charge is 0.367 e. The number of thiazole rings is 1. The number of nitrogens with one attached hydrogen (secondary N) is 1. The fraction of sp³-hybridized carbons (Fsp3) is 0.429. The number of hydrogen-bond donors (Lipinski definition) is 1. The Labute approximate surface area is 127 Å². The van der Waals surface area contributed by atoms with Crippen LogP contribution in [0.15, 0.2) is 17.8 Å². The maximum absolute atomic E-state index is 8.95. The molecule has 6 nitrogen and oxygen atoms in total. The third-order valence-corrected chi connectivity index (χ3v) is 4.34. The van der Waals surface area contributed by atoms with Crippen LogP contribution in [0.2, 0.25) is 0 Å². The third kappa shape index (κ3) is 3.28. The van der Waals surface area contributed by atoms with Crippen LogP contribution in [0, 0.1) is 11.3 Å². The van der Waals surface area contributed by atoms with Crippen molar-refractivity contribution in [2.75, 3.05) is 29.9 Å². The van der Waals surface area contributed by atoms with Crippen LogP contribution in [-0.4, -0.2) is 34.6 Å². The number of anilines is 2. The molecular formula is C14H16N6S. The molecule has 2 aromatic rings. The minimum absolute atomic E-state index is 0.327. The van der Waals surface area contributed by atoms with Crippen molar-refractivity contribution in [1.82, 2.24) is 15.0 Å². The highest BCUT2D eigenvalue weighted by Crippen LogP contribution is 2.24. The summed E-state index contributed by atoms with van der Waals surface area (Å²) in [4.78, 5) is 15.1.